The Hall–Kier alpha value is -2.83. The first-order valence-corrected chi connectivity index (χ1v) is 11.1. The second-order valence-corrected chi connectivity index (χ2v) is 8.70. The second kappa shape index (κ2) is 9.98. The smallest absolute Gasteiger partial charge is 0.258 e. The van der Waals surface area contributed by atoms with Gasteiger partial charge in [-0.1, -0.05) is 41.6 Å². The summed E-state index contributed by atoms with van der Waals surface area (Å²) in [5, 5.41) is 6.93. The molecule has 2 amide bonds. The van der Waals surface area contributed by atoms with Crippen LogP contribution >= 0.6 is 23.4 Å². The van der Waals surface area contributed by atoms with Crippen molar-refractivity contribution in [3.8, 4) is 0 Å². The maximum absolute atomic E-state index is 13.0. The van der Waals surface area contributed by atoms with Crippen LogP contribution in [-0.2, 0) is 4.79 Å². The number of aryl methyl sites for hydroxylation is 3. The fourth-order valence-corrected chi connectivity index (χ4v) is 4.28. The van der Waals surface area contributed by atoms with E-state index in [1.165, 1.54) is 11.8 Å². The van der Waals surface area contributed by atoms with E-state index in [4.69, 9.17) is 11.6 Å². The van der Waals surface area contributed by atoms with Gasteiger partial charge < -0.3 is 10.6 Å². The summed E-state index contributed by atoms with van der Waals surface area (Å²) in [5.41, 5.74) is 5.33. The van der Waals surface area contributed by atoms with E-state index in [0.29, 0.717) is 21.3 Å². The summed E-state index contributed by atoms with van der Waals surface area (Å²) < 4.78 is 0. The highest BCUT2D eigenvalue weighted by molar-refractivity contribution is 8.00. The third-order valence-electron chi connectivity index (χ3n) is 4.70. The number of carbonyl (C=O) groups excluding carboxylic acids is 2. The van der Waals surface area contributed by atoms with Crippen LogP contribution in [0.4, 0.5) is 11.4 Å². The number of carbonyl (C=O) groups is 2. The predicted molar refractivity (Wildman–Crippen MR) is 128 cm³/mol. The Labute approximate surface area is 191 Å². The van der Waals surface area contributed by atoms with Crippen LogP contribution in [0.3, 0.4) is 0 Å². The molecule has 0 aliphatic carbocycles. The number of hydrogen-bond donors (Lipinski definition) is 2. The second-order valence-electron chi connectivity index (χ2n) is 7.33. The molecule has 2 N–H and O–H groups in total. The maximum Gasteiger partial charge on any atom is 0.258 e. The summed E-state index contributed by atoms with van der Waals surface area (Å²) in [6.07, 6.45) is 0. The molecule has 0 unspecified atom stereocenters. The Morgan fingerprint density at radius 2 is 1.74 bits per heavy atom. The van der Waals surface area contributed by atoms with E-state index in [9.17, 15) is 9.59 Å². The topological polar surface area (TPSA) is 71.1 Å². The fourth-order valence-electron chi connectivity index (χ4n) is 3.16. The van der Waals surface area contributed by atoms with Crippen molar-refractivity contribution < 1.29 is 9.59 Å². The molecule has 0 spiro atoms. The SMILES string of the molecule is Cc1cccc(NC(=O)c2c(C)cc(C)nc2SCC(=O)Nc2cccc(Cl)c2C)c1. The number of nitrogens with zero attached hydrogens (tertiary/aromatic N) is 1. The predicted octanol–water partition coefficient (Wildman–Crippen LogP) is 5.95. The summed E-state index contributed by atoms with van der Waals surface area (Å²) in [4.78, 5) is 30.1. The molecule has 0 aliphatic heterocycles. The average molecular weight is 454 g/mol. The van der Waals surface area contributed by atoms with Crippen molar-refractivity contribution in [1.82, 2.24) is 4.98 Å². The van der Waals surface area contributed by atoms with E-state index >= 15 is 0 Å². The van der Waals surface area contributed by atoms with Gasteiger partial charge in [0.15, 0.2) is 0 Å². The molecule has 0 radical (unpaired) electrons. The minimum atomic E-state index is -0.246. The van der Waals surface area contributed by atoms with E-state index in [1.807, 2.05) is 58.0 Å². The number of nitrogens with one attached hydrogen (secondary N) is 2. The van der Waals surface area contributed by atoms with Gasteiger partial charge in [0, 0.05) is 22.1 Å². The number of pyridine rings is 1. The van der Waals surface area contributed by atoms with Gasteiger partial charge in [0.2, 0.25) is 5.91 Å². The molecule has 2 aromatic carbocycles. The van der Waals surface area contributed by atoms with Crippen LogP contribution in [0.5, 0.6) is 0 Å². The van der Waals surface area contributed by atoms with Crippen LogP contribution < -0.4 is 10.6 Å². The zero-order valence-corrected chi connectivity index (χ0v) is 19.4. The molecule has 1 aromatic heterocycles. The number of hydrogen-bond acceptors (Lipinski definition) is 4. The first-order chi connectivity index (χ1) is 14.7. The molecule has 160 valence electrons. The van der Waals surface area contributed by atoms with Gasteiger partial charge in [-0.15, -0.1) is 0 Å². The lowest BCUT2D eigenvalue weighted by Crippen LogP contribution is -2.18. The molecule has 31 heavy (non-hydrogen) atoms. The van der Waals surface area contributed by atoms with Gasteiger partial charge in [-0.2, -0.15) is 0 Å². The Morgan fingerprint density at radius 3 is 2.48 bits per heavy atom. The quantitative estimate of drug-likeness (QED) is 0.452. The minimum absolute atomic E-state index is 0.118. The van der Waals surface area contributed by atoms with Gasteiger partial charge in [0.1, 0.15) is 5.03 Å². The monoisotopic (exact) mass is 453 g/mol. The van der Waals surface area contributed by atoms with Crippen LogP contribution in [-0.4, -0.2) is 22.6 Å². The Balaban J connectivity index is 1.77. The molecule has 0 fully saturated rings. The first-order valence-electron chi connectivity index (χ1n) is 9.78. The molecule has 0 aliphatic rings. The van der Waals surface area contributed by atoms with Gasteiger partial charge >= 0.3 is 0 Å². The number of benzene rings is 2. The molecule has 0 bridgehead atoms. The van der Waals surface area contributed by atoms with E-state index in [2.05, 4.69) is 15.6 Å². The van der Waals surface area contributed by atoms with Gasteiger partial charge in [0.05, 0.1) is 11.3 Å². The molecular weight excluding hydrogens is 430 g/mol. The van der Waals surface area contributed by atoms with Crippen molar-refractivity contribution in [2.45, 2.75) is 32.7 Å². The summed E-state index contributed by atoms with van der Waals surface area (Å²) in [6.45, 7) is 7.56. The molecule has 3 rings (SSSR count). The number of halogens is 1. The summed E-state index contributed by atoms with van der Waals surface area (Å²) >= 11 is 7.36. The maximum atomic E-state index is 13.0. The van der Waals surface area contributed by atoms with Gasteiger partial charge in [-0.05, 0) is 74.7 Å². The lowest BCUT2D eigenvalue weighted by Gasteiger charge is -2.14. The highest BCUT2D eigenvalue weighted by atomic mass is 35.5. The molecule has 0 atom stereocenters. The third-order valence-corrected chi connectivity index (χ3v) is 6.08. The molecule has 0 saturated heterocycles. The normalized spacial score (nSPS) is 10.6. The highest BCUT2D eigenvalue weighted by Gasteiger charge is 2.19. The number of amides is 2. The third kappa shape index (κ3) is 5.87. The van der Waals surface area contributed by atoms with Crippen molar-refractivity contribution in [2.75, 3.05) is 16.4 Å². The molecule has 1 heterocycles. The van der Waals surface area contributed by atoms with Crippen molar-refractivity contribution in [2.24, 2.45) is 0 Å². The van der Waals surface area contributed by atoms with Crippen LogP contribution in [0.25, 0.3) is 0 Å². The fraction of sp³-hybridized carbons (Fsp3) is 0.208. The zero-order valence-electron chi connectivity index (χ0n) is 17.9. The van der Waals surface area contributed by atoms with E-state index in [0.717, 1.165) is 28.1 Å². The number of rotatable bonds is 6. The molecule has 3 aromatic rings. The van der Waals surface area contributed by atoms with Gasteiger partial charge in [0.25, 0.3) is 5.91 Å². The molecule has 0 saturated carbocycles. The van der Waals surface area contributed by atoms with Crippen molar-refractivity contribution >= 4 is 46.6 Å². The van der Waals surface area contributed by atoms with Crippen LogP contribution in [0.15, 0.2) is 53.6 Å². The van der Waals surface area contributed by atoms with E-state index < -0.39 is 0 Å². The summed E-state index contributed by atoms with van der Waals surface area (Å²) in [5.74, 6) is -0.322. The zero-order chi connectivity index (χ0) is 22.5. The van der Waals surface area contributed by atoms with Crippen LogP contribution in [0, 0.1) is 27.7 Å². The summed E-state index contributed by atoms with van der Waals surface area (Å²) in [7, 11) is 0. The number of aromatic nitrogens is 1. The minimum Gasteiger partial charge on any atom is -0.325 e. The Bertz CT molecular complexity index is 1150. The molecular formula is C24H24ClN3O2S. The van der Waals surface area contributed by atoms with Crippen molar-refractivity contribution in [3.63, 3.8) is 0 Å². The van der Waals surface area contributed by atoms with Crippen molar-refractivity contribution in [3.05, 3.63) is 81.5 Å². The van der Waals surface area contributed by atoms with Gasteiger partial charge in [-0.3, -0.25) is 9.59 Å². The van der Waals surface area contributed by atoms with Gasteiger partial charge in [-0.25, -0.2) is 4.98 Å². The average Bonchev–Trinajstić information content (AvgIpc) is 2.69. The highest BCUT2D eigenvalue weighted by Crippen LogP contribution is 2.27. The lowest BCUT2D eigenvalue weighted by atomic mass is 10.1. The first kappa shape index (κ1) is 22.8. The summed E-state index contributed by atoms with van der Waals surface area (Å²) in [6, 6.07) is 14.8. The number of thioether (sulfide) groups is 1. The lowest BCUT2D eigenvalue weighted by molar-refractivity contribution is -0.113. The van der Waals surface area contributed by atoms with E-state index in [1.54, 1.807) is 18.2 Å². The van der Waals surface area contributed by atoms with E-state index in [-0.39, 0.29) is 17.6 Å². The largest absolute Gasteiger partial charge is 0.325 e. The molecule has 7 heteroatoms. The number of anilines is 2. The molecule has 5 nitrogen and oxygen atoms in total. The standard InChI is InChI=1S/C24H24ClN3O2S/c1-14-7-5-8-18(11-14)27-23(30)22-15(2)12-16(3)26-24(22)31-13-21(29)28-20-10-6-9-19(25)17(20)4/h5-12H,13H2,1-4H3,(H,27,30)(H,28,29). The van der Waals surface area contributed by atoms with Crippen molar-refractivity contribution in [1.29, 1.82) is 0 Å². The van der Waals surface area contributed by atoms with Crippen LogP contribution in [0.1, 0.15) is 32.7 Å². The van der Waals surface area contributed by atoms with Crippen LogP contribution in [0.2, 0.25) is 5.02 Å². The Morgan fingerprint density at radius 1 is 1.00 bits per heavy atom. The Kier molecular flexibility index (Phi) is 7.36.